The quantitative estimate of drug-likeness (QED) is 0.181. The molecular formula is C31H33ClF3N7O. The van der Waals surface area contributed by atoms with Gasteiger partial charge >= 0.3 is 0 Å². The summed E-state index contributed by atoms with van der Waals surface area (Å²) in [6, 6.07) is 6.02. The van der Waals surface area contributed by atoms with Crippen molar-refractivity contribution in [1.82, 2.24) is 25.9 Å². The minimum absolute atomic E-state index is 0.0875. The number of nitrogens with one attached hydrogen (secondary N) is 4. The monoisotopic (exact) mass is 611 g/mol. The van der Waals surface area contributed by atoms with Crippen LogP contribution in [-0.2, 0) is 4.74 Å². The number of aromatic nitrogens is 2. The second kappa shape index (κ2) is 11.1. The van der Waals surface area contributed by atoms with E-state index in [1.165, 1.54) is 11.1 Å². The van der Waals surface area contributed by atoms with Crippen LogP contribution in [0.1, 0.15) is 56.0 Å². The number of pyridine rings is 2. The first-order valence-electron chi connectivity index (χ1n) is 14.2. The molecule has 0 radical (unpaired) electrons. The Bertz CT molecular complexity index is 1640. The van der Waals surface area contributed by atoms with Gasteiger partial charge in [-0.1, -0.05) is 37.4 Å². The van der Waals surface area contributed by atoms with E-state index in [9.17, 15) is 13.2 Å². The number of terminal acetylenes is 1. The first-order chi connectivity index (χ1) is 20.5. The average molecular weight is 612 g/mol. The predicted octanol–water partition coefficient (Wildman–Crippen LogP) is 6.06. The normalized spacial score (nSPS) is 21.2. The standard InChI is InChI=1S/C31H33ClF3N7O/c1-5-18-14-36-27-21(26(18)39-24-8-11-43-16-30(24,3)4)12-19(13-22(27)32)38-28(20-6-7-25(33)37-17(20)2)23-15-42(41-40-23)31(9-10-31)29(34)35/h1,6-7,12-15,24,28-29,38,40-41H,8-11,16H2,2-4H3,(H,36,39)/t24?,28-/m0/s1. The molecule has 2 fully saturated rings. The van der Waals surface area contributed by atoms with Crippen molar-refractivity contribution in [2.24, 2.45) is 5.41 Å². The number of hydrogen-bond acceptors (Lipinski definition) is 8. The molecule has 3 aromatic rings. The van der Waals surface area contributed by atoms with Gasteiger partial charge in [-0.05, 0) is 44.4 Å². The van der Waals surface area contributed by atoms with Gasteiger partial charge in [-0.25, -0.2) is 13.8 Å². The van der Waals surface area contributed by atoms with Gasteiger partial charge in [0.15, 0.2) is 0 Å². The number of anilines is 2. The second-order valence-electron chi connectivity index (χ2n) is 12.1. The fourth-order valence-corrected chi connectivity index (χ4v) is 6.09. The maximum Gasteiger partial charge on any atom is 0.262 e. The molecule has 1 aromatic carbocycles. The Balaban J connectivity index is 1.42. The number of rotatable bonds is 8. The zero-order chi connectivity index (χ0) is 30.5. The summed E-state index contributed by atoms with van der Waals surface area (Å²) in [7, 11) is 0. The molecule has 1 saturated carbocycles. The number of hydrazine groups is 2. The summed E-state index contributed by atoms with van der Waals surface area (Å²) in [5.41, 5.74) is 8.69. The molecule has 0 bridgehead atoms. The van der Waals surface area contributed by atoms with E-state index in [4.69, 9.17) is 22.8 Å². The smallest absolute Gasteiger partial charge is 0.262 e. The molecule has 3 aliphatic rings. The van der Waals surface area contributed by atoms with Crippen LogP contribution in [0.5, 0.6) is 0 Å². The van der Waals surface area contributed by atoms with Crippen LogP contribution in [-0.4, -0.2) is 46.2 Å². The van der Waals surface area contributed by atoms with E-state index in [0.717, 1.165) is 17.5 Å². The van der Waals surface area contributed by atoms with Crippen molar-refractivity contribution in [3.63, 3.8) is 0 Å². The Hall–Kier alpha value is -3.72. The number of aryl methyl sites for hydroxylation is 1. The van der Waals surface area contributed by atoms with E-state index in [-0.39, 0.29) is 11.5 Å². The van der Waals surface area contributed by atoms with Crippen LogP contribution in [0, 0.1) is 30.6 Å². The zero-order valence-corrected chi connectivity index (χ0v) is 24.8. The van der Waals surface area contributed by atoms with Gasteiger partial charge in [0.2, 0.25) is 5.95 Å². The molecule has 1 saturated heterocycles. The summed E-state index contributed by atoms with van der Waals surface area (Å²) >= 11 is 6.80. The first-order valence-corrected chi connectivity index (χ1v) is 14.5. The van der Waals surface area contributed by atoms with Crippen molar-refractivity contribution in [1.29, 1.82) is 0 Å². The van der Waals surface area contributed by atoms with Crippen molar-refractivity contribution in [3.8, 4) is 12.3 Å². The fourth-order valence-electron chi connectivity index (χ4n) is 5.82. The van der Waals surface area contributed by atoms with Crippen LogP contribution < -0.4 is 21.6 Å². The maximum atomic E-state index is 14.0. The lowest BCUT2D eigenvalue weighted by Gasteiger charge is -2.39. The van der Waals surface area contributed by atoms with E-state index >= 15 is 0 Å². The summed E-state index contributed by atoms with van der Waals surface area (Å²) in [6.45, 7) is 7.23. The summed E-state index contributed by atoms with van der Waals surface area (Å²) < 4.78 is 47.5. The number of halogens is 4. The molecule has 2 aromatic heterocycles. The number of fused-ring (bicyclic) bond motifs is 1. The van der Waals surface area contributed by atoms with E-state index in [0.29, 0.717) is 64.8 Å². The molecule has 0 spiro atoms. The van der Waals surface area contributed by atoms with E-state index in [2.05, 4.69) is 51.3 Å². The van der Waals surface area contributed by atoms with Gasteiger partial charge in [-0.15, -0.1) is 12.0 Å². The maximum absolute atomic E-state index is 14.0. The van der Waals surface area contributed by atoms with Gasteiger partial charge in [-0.2, -0.15) is 4.39 Å². The highest BCUT2D eigenvalue weighted by molar-refractivity contribution is 6.35. The summed E-state index contributed by atoms with van der Waals surface area (Å²) in [6.07, 6.45) is 8.17. The molecule has 6 rings (SSSR count). The third-order valence-electron chi connectivity index (χ3n) is 8.63. The highest BCUT2D eigenvalue weighted by Crippen LogP contribution is 2.47. The first kappa shape index (κ1) is 29.4. The lowest BCUT2D eigenvalue weighted by molar-refractivity contribution is 0.00350. The van der Waals surface area contributed by atoms with E-state index in [1.807, 2.05) is 6.07 Å². The van der Waals surface area contributed by atoms with E-state index < -0.39 is 24.0 Å². The topological polar surface area (TPSA) is 86.4 Å². The molecule has 1 aliphatic carbocycles. The number of ether oxygens (including phenoxy) is 1. The number of alkyl halides is 2. The molecule has 8 nitrogen and oxygen atoms in total. The van der Waals surface area contributed by atoms with E-state index in [1.54, 1.807) is 31.5 Å². The van der Waals surface area contributed by atoms with Crippen molar-refractivity contribution in [2.45, 2.75) is 64.1 Å². The SMILES string of the molecule is C#Cc1cnc2c(Cl)cc(N[C@H](C3=CN(C4(C(F)F)CC4)NN3)c3ccc(F)nc3C)cc2c1NC1CCOCC1(C)C. The number of benzene rings is 1. The lowest BCUT2D eigenvalue weighted by Crippen LogP contribution is -2.48. The Labute approximate surface area is 253 Å². The van der Waals surface area contributed by atoms with Crippen molar-refractivity contribution < 1.29 is 17.9 Å². The molecule has 12 heteroatoms. The van der Waals surface area contributed by atoms with Crippen molar-refractivity contribution in [2.75, 3.05) is 23.8 Å². The van der Waals surface area contributed by atoms with Crippen LogP contribution in [0.25, 0.3) is 10.9 Å². The van der Waals surface area contributed by atoms with Gasteiger partial charge in [-0.3, -0.25) is 9.99 Å². The van der Waals surface area contributed by atoms with Gasteiger partial charge in [0.05, 0.1) is 40.1 Å². The van der Waals surface area contributed by atoms with Gasteiger partial charge in [0.25, 0.3) is 6.43 Å². The summed E-state index contributed by atoms with van der Waals surface area (Å²) in [4.78, 5) is 8.56. The van der Waals surface area contributed by atoms with Gasteiger partial charge in [0.1, 0.15) is 5.54 Å². The number of nitrogens with zero attached hydrogens (tertiary/aromatic N) is 3. The molecule has 0 amide bonds. The Morgan fingerprint density at radius 1 is 1.26 bits per heavy atom. The van der Waals surface area contributed by atoms with Crippen molar-refractivity contribution >= 4 is 33.9 Å². The van der Waals surface area contributed by atoms with Crippen LogP contribution >= 0.6 is 11.6 Å². The molecule has 2 atom stereocenters. The Morgan fingerprint density at radius 3 is 2.72 bits per heavy atom. The lowest BCUT2D eigenvalue weighted by atomic mass is 9.81. The Kier molecular flexibility index (Phi) is 7.57. The number of hydrogen-bond donors (Lipinski definition) is 4. The molecular weight excluding hydrogens is 579 g/mol. The fraction of sp³-hybridized carbons (Fsp3) is 0.419. The predicted molar refractivity (Wildman–Crippen MR) is 161 cm³/mol. The summed E-state index contributed by atoms with van der Waals surface area (Å²) in [5.74, 6) is 2.13. The van der Waals surface area contributed by atoms with Crippen LogP contribution in [0.3, 0.4) is 0 Å². The minimum Gasteiger partial charge on any atom is -0.381 e. The molecule has 4 heterocycles. The third kappa shape index (κ3) is 5.44. The van der Waals surface area contributed by atoms with Crippen molar-refractivity contribution in [3.05, 3.63) is 70.2 Å². The van der Waals surface area contributed by atoms with Crippen LogP contribution in [0.4, 0.5) is 24.5 Å². The Morgan fingerprint density at radius 2 is 2.05 bits per heavy atom. The minimum atomic E-state index is -2.53. The molecule has 43 heavy (non-hydrogen) atoms. The molecule has 226 valence electrons. The average Bonchev–Trinajstić information content (AvgIpc) is 3.63. The van der Waals surface area contributed by atoms with Crippen LogP contribution in [0.15, 0.2) is 42.4 Å². The highest BCUT2D eigenvalue weighted by Gasteiger charge is 2.56. The molecule has 2 aliphatic heterocycles. The molecule has 1 unspecified atom stereocenters. The summed E-state index contributed by atoms with van der Waals surface area (Å²) in [5, 5.41) is 9.69. The highest BCUT2D eigenvalue weighted by atomic mass is 35.5. The molecule has 4 N–H and O–H groups in total. The second-order valence-corrected chi connectivity index (χ2v) is 12.5. The zero-order valence-electron chi connectivity index (χ0n) is 24.1. The largest absolute Gasteiger partial charge is 0.381 e. The third-order valence-corrected chi connectivity index (χ3v) is 8.92. The van der Waals surface area contributed by atoms with Gasteiger partial charge < -0.3 is 20.8 Å². The van der Waals surface area contributed by atoms with Gasteiger partial charge in [0, 0.05) is 52.8 Å². The van der Waals surface area contributed by atoms with Crippen LogP contribution in [0.2, 0.25) is 5.02 Å².